The maximum atomic E-state index is 13.2. The minimum absolute atomic E-state index is 0.0485. The molecule has 5 heteroatoms. The van der Waals surface area contributed by atoms with Gasteiger partial charge in [-0.05, 0) is 36.3 Å². The summed E-state index contributed by atoms with van der Waals surface area (Å²) in [6, 6.07) is 4.52. The highest BCUT2D eigenvalue weighted by Crippen LogP contribution is 2.26. The van der Waals surface area contributed by atoms with Gasteiger partial charge in [-0.1, -0.05) is 6.07 Å². The number of rotatable bonds is 4. The van der Waals surface area contributed by atoms with Crippen molar-refractivity contribution in [2.45, 2.75) is 31.2 Å². The van der Waals surface area contributed by atoms with Gasteiger partial charge in [0.25, 0.3) is 0 Å². The normalized spacial score (nSPS) is 18.9. The number of nitrogens with one attached hydrogen (secondary N) is 1. The van der Waals surface area contributed by atoms with Crippen molar-refractivity contribution in [3.8, 4) is 0 Å². The van der Waals surface area contributed by atoms with Crippen molar-refractivity contribution >= 4 is 17.7 Å². The third kappa shape index (κ3) is 3.23. The number of aliphatic hydroxyl groups excluding tert-OH is 1. The summed E-state index contributed by atoms with van der Waals surface area (Å²) in [6.45, 7) is 0.0509. The molecule has 1 aliphatic heterocycles. The summed E-state index contributed by atoms with van der Waals surface area (Å²) < 4.78 is 13.2. The van der Waals surface area contributed by atoms with Crippen LogP contribution in [-0.2, 0) is 17.9 Å². The molecule has 1 heterocycles. The molecular formula is C13H16FNO2S. The van der Waals surface area contributed by atoms with Crippen LogP contribution in [0.25, 0.3) is 0 Å². The van der Waals surface area contributed by atoms with Gasteiger partial charge in [0.15, 0.2) is 0 Å². The maximum Gasteiger partial charge on any atom is 0.233 e. The summed E-state index contributed by atoms with van der Waals surface area (Å²) >= 11 is 1.68. The summed E-state index contributed by atoms with van der Waals surface area (Å²) in [6.07, 6.45) is 2.02. The lowest BCUT2D eigenvalue weighted by Crippen LogP contribution is -2.30. The number of benzene rings is 1. The largest absolute Gasteiger partial charge is 0.392 e. The summed E-state index contributed by atoms with van der Waals surface area (Å²) in [4.78, 5) is 11.8. The van der Waals surface area contributed by atoms with Crippen molar-refractivity contribution < 1.29 is 14.3 Å². The molecule has 0 spiro atoms. The molecule has 0 aliphatic carbocycles. The average molecular weight is 269 g/mol. The molecule has 1 saturated heterocycles. The van der Waals surface area contributed by atoms with E-state index in [0.29, 0.717) is 6.54 Å². The summed E-state index contributed by atoms with van der Waals surface area (Å²) in [5.74, 6) is 0.676. The molecule has 2 N–H and O–H groups in total. The number of carbonyl (C=O) groups excluding carboxylic acids is 1. The van der Waals surface area contributed by atoms with Crippen molar-refractivity contribution in [2.24, 2.45) is 0 Å². The Kier molecular flexibility index (Phi) is 4.60. The molecule has 0 saturated carbocycles. The van der Waals surface area contributed by atoms with Crippen LogP contribution in [0.4, 0.5) is 4.39 Å². The van der Waals surface area contributed by atoms with Crippen LogP contribution < -0.4 is 5.32 Å². The molecule has 1 aliphatic rings. The lowest BCUT2D eigenvalue weighted by molar-refractivity contribution is -0.120. The molecule has 3 nitrogen and oxygen atoms in total. The molecule has 0 aromatic heterocycles. The van der Waals surface area contributed by atoms with Gasteiger partial charge < -0.3 is 10.4 Å². The standard InChI is InChI=1S/C13H16FNO2S/c14-11-4-3-9(6-10(11)8-16)7-15-13(17)12-2-1-5-18-12/h3-4,6,12,16H,1-2,5,7-8H2,(H,15,17). The van der Waals surface area contributed by atoms with Crippen LogP contribution in [0, 0.1) is 5.82 Å². The van der Waals surface area contributed by atoms with Gasteiger partial charge in [-0.3, -0.25) is 4.79 Å². The number of thioether (sulfide) groups is 1. The van der Waals surface area contributed by atoms with E-state index in [0.717, 1.165) is 24.2 Å². The molecule has 18 heavy (non-hydrogen) atoms. The van der Waals surface area contributed by atoms with E-state index in [1.807, 2.05) is 0 Å². The molecule has 1 aromatic carbocycles. The predicted octanol–water partition coefficient (Wildman–Crippen LogP) is 1.83. The fourth-order valence-electron chi connectivity index (χ4n) is 1.95. The number of aliphatic hydroxyl groups is 1. The Morgan fingerprint density at radius 3 is 3.06 bits per heavy atom. The number of amides is 1. The molecule has 98 valence electrons. The van der Waals surface area contributed by atoms with Crippen LogP contribution in [0.5, 0.6) is 0 Å². The lowest BCUT2D eigenvalue weighted by Gasteiger charge is -2.10. The SMILES string of the molecule is O=C(NCc1ccc(F)c(CO)c1)C1CCCS1. The van der Waals surface area contributed by atoms with E-state index in [2.05, 4.69) is 5.32 Å². The Morgan fingerprint density at radius 1 is 1.56 bits per heavy atom. The molecule has 1 atom stereocenters. The molecule has 0 bridgehead atoms. The number of hydrogen-bond acceptors (Lipinski definition) is 3. The van der Waals surface area contributed by atoms with Gasteiger partial charge in [0.1, 0.15) is 5.82 Å². The van der Waals surface area contributed by atoms with E-state index in [-0.39, 0.29) is 23.3 Å². The van der Waals surface area contributed by atoms with Crippen molar-refractivity contribution in [1.29, 1.82) is 0 Å². The minimum Gasteiger partial charge on any atom is -0.392 e. The van der Waals surface area contributed by atoms with Crippen LogP contribution >= 0.6 is 11.8 Å². The van der Waals surface area contributed by atoms with E-state index in [1.165, 1.54) is 6.07 Å². The van der Waals surface area contributed by atoms with Crippen LogP contribution in [0.2, 0.25) is 0 Å². The number of hydrogen-bond donors (Lipinski definition) is 2. The van der Waals surface area contributed by atoms with Gasteiger partial charge >= 0.3 is 0 Å². The maximum absolute atomic E-state index is 13.2. The molecular weight excluding hydrogens is 253 g/mol. The van der Waals surface area contributed by atoms with Gasteiger partial charge in [-0.2, -0.15) is 0 Å². The van der Waals surface area contributed by atoms with Gasteiger partial charge in [0.2, 0.25) is 5.91 Å². The Labute approximate surface area is 110 Å². The van der Waals surface area contributed by atoms with Crippen molar-refractivity contribution in [2.75, 3.05) is 5.75 Å². The minimum atomic E-state index is -0.418. The Morgan fingerprint density at radius 2 is 2.39 bits per heavy atom. The van der Waals surface area contributed by atoms with Gasteiger partial charge in [0.05, 0.1) is 11.9 Å². The highest BCUT2D eigenvalue weighted by molar-refractivity contribution is 8.00. The van der Waals surface area contributed by atoms with E-state index >= 15 is 0 Å². The van der Waals surface area contributed by atoms with E-state index in [4.69, 9.17) is 5.11 Å². The fraction of sp³-hybridized carbons (Fsp3) is 0.462. The zero-order chi connectivity index (χ0) is 13.0. The quantitative estimate of drug-likeness (QED) is 0.876. The van der Waals surface area contributed by atoms with Gasteiger partial charge in [0, 0.05) is 12.1 Å². The number of carbonyl (C=O) groups is 1. The lowest BCUT2D eigenvalue weighted by atomic mass is 10.1. The third-order valence-electron chi connectivity index (χ3n) is 2.97. The second-order valence-corrected chi connectivity index (χ2v) is 5.61. The molecule has 1 aromatic rings. The fourth-order valence-corrected chi connectivity index (χ4v) is 3.13. The second-order valence-electron chi connectivity index (χ2n) is 4.30. The van der Waals surface area contributed by atoms with Crippen molar-refractivity contribution in [1.82, 2.24) is 5.32 Å². The Hall–Kier alpha value is -1.07. The first-order valence-electron chi connectivity index (χ1n) is 5.98. The van der Waals surface area contributed by atoms with E-state index in [1.54, 1.807) is 23.9 Å². The second kappa shape index (κ2) is 6.20. The molecule has 1 amide bonds. The van der Waals surface area contributed by atoms with Crippen LogP contribution in [0.15, 0.2) is 18.2 Å². The summed E-state index contributed by atoms with van der Waals surface area (Å²) in [5, 5.41) is 11.9. The topological polar surface area (TPSA) is 49.3 Å². The van der Waals surface area contributed by atoms with E-state index in [9.17, 15) is 9.18 Å². The molecule has 0 radical (unpaired) electrons. The zero-order valence-corrected chi connectivity index (χ0v) is 10.8. The first kappa shape index (κ1) is 13.4. The first-order chi connectivity index (χ1) is 8.70. The van der Waals surface area contributed by atoms with Crippen LogP contribution in [0.1, 0.15) is 24.0 Å². The number of halogens is 1. The summed E-state index contributed by atoms with van der Waals surface area (Å²) in [5.41, 5.74) is 1.06. The molecule has 2 rings (SSSR count). The Balaban J connectivity index is 1.91. The molecule has 1 unspecified atom stereocenters. The highest BCUT2D eigenvalue weighted by Gasteiger charge is 2.22. The first-order valence-corrected chi connectivity index (χ1v) is 7.03. The van der Waals surface area contributed by atoms with Crippen LogP contribution in [0.3, 0.4) is 0 Å². The zero-order valence-electron chi connectivity index (χ0n) is 9.99. The van der Waals surface area contributed by atoms with Crippen LogP contribution in [-0.4, -0.2) is 22.0 Å². The van der Waals surface area contributed by atoms with Gasteiger partial charge in [-0.15, -0.1) is 11.8 Å². The van der Waals surface area contributed by atoms with Gasteiger partial charge in [-0.25, -0.2) is 4.39 Å². The summed E-state index contributed by atoms with van der Waals surface area (Å²) in [7, 11) is 0. The predicted molar refractivity (Wildman–Crippen MR) is 69.6 cm³/mol. The van der Waals surface area contributed by atoms with E-state index < -0.39 is 5.82 Å². The van der Waals surface area contributed by atoms with Crippen molar-refractivity contribution in [3.05, 3.63) is 35.1 Å². The highest BCUT2D eigenvalue weighted by atomic mass is 32.2. The third-order valence-corrected chi connectivity index (χ3v) is 4.35. The monoisotopic (exact) mass is 269 g/mol. The average Bonchev–Trinajstić information content (AvgIpc) is 2.91. The van der Waals surface area contributed by atoms with Crippen molar-refractivity contribution in [3.63, 3.8) is 0 Å². The molecule has 1 fully saturated rings. The smallest absolute Gasteiger partial charge is 0.233 e. The Bertz CT molecular complexity index is 433.